The van der Waals surface area contributed by atoms with E-state index in [9.17, 15) is 9.90 Å². The quantitative estimate of drug-likeness (QED) is 0.883. The predicted molar refractivity (Wildman–Crippen MR) is 79.6 cm³/mol. The summed E-state index contributed by atoms with van der Waals surface area (Å²) in [6.45, 7) is 0. The molecule has 0 aliphatic carbocycles. The van der Waals surface area contributed by atoms with Crippen LogP contribution < -0.4 is 0 Å². The summed E-state index contributed by atoms with van der Waals surface area (Å²) in [5, 5.41) is 9.31. The summed E-state index contributed by atoms with van der Waals surface area (Å²) in [5.74, 6) is -1.46. The fourth-order valence-corrected chi connectivity index (χ4v) is 2.00. The summed E-state index contributed by atoms with van der Waals surface area (Å²) in [4.78, 5) is 15.5. The van der Waals surface area contributed by atoms with E-state index in [2.05, 4.69) is 20.9 Å². The first kappa shape index (κ1) is 16.0. The minimum absolute atomic E-state index is 0. The molecule has 1 aromatic carbocycles. The number of hydrogen-bond donors (Lipinski definition) is 1. The number of aliphatic carboxylic acids is 1. The molecule has 94 valence electrons. The van der Waals surface area contributed by atoms with E-state index < -0.39 is 11.9 Å². The average molecular weight is 314 g/mol. The standard InChI is InChI=1S/C14H12BrNO2.Li.H/c15-11-6-7-13(16-9-11)12(14(17)18)8-10-4-2-1-3-5-10;;/h1-7,9,12H,8H2,(H,17,18);;. The number of carbonyl (C=O) groups is 1. The first-order valence-corrected chi connectivity index (χ1v) is 6.34. The van der Waals surface area contributed by atoms with E-state index in [0.717, 1.165) is 10.0 Å². The Morgan fingerprint density at radius 2 is 1.89 bits per heavy atom. The summed E-state index contributed by atoms with van der Waals surface area (Å²) in [6, 6.07) is 13.1. The third kappa shape index (κ3) is 4.50. The molecule has 0 aliphatic rings. The Balaban J connectivity index is 0.00000180. The third-order valence-corrected chi connectivity index (χ3v) is 3.16. The average Bonchev–Trinajstić information content (AvgIpc) is 2.38. The molecule has 19 heavy (non-hydrogen) atoms. The van der Waals surface area contributed by atoms with E-state index in [4.69, 9.17) is 0 Å². The molecule has 1 unspecified atom stereocenters. The molecule has 2 rings (SSSR count). The van der Waals surface area contributed by atoms with Gasteiger partial charge in [0, 0.05) is 10.7 Å². The van der Waals surface area contributed by atoms with E-state index in [0.29, 0.717) is 12.1 Å². The van der Waals surface area contributed by atoms with Gasteiger partial charge in [-0.1, -0.05) is 30.3 Å². The van der Waals surface area contributed by atoms with E-state index in [-0.39, 0.29) is 18.9 Å². The van der Waals surface area contributed by atoms with Gasteiger partial charge in [-0.05, 0) is 40.0 Å². The van der Waals surface area contributed by atoms with Gasteiger partial charge in [0.2, 0.25) is 0 Å². The van der Waals surface area contributed by atoms with E-state index in [1.807, 2.05) is 36.4 Å². The SMILES string of the molecule is O=C(O)C(Cc1ccccc1)c1ccc(Br)cn1.[LiH]. The topological polar surface area (TPSA) is 50.2 Å². The number of hydrogen-bond acceptors (Lipinski definition) is 2. The van der Waals surface area contributed by atoms with Crippen LogP contribution in [-0.2, 0) is 11.2 Å². The predicted octanol–water partition coefficient (Wildman–Crippen LogP) is 2.61. The van der Waals surface area contributed by atoms with Crippen LogP contribution >= 0.6 is 15.9 Å². The van der Waals surface area contributed by atoms with Crippen molar-refractivity contribution in [1.82, 2.24) is 4.98 Å². The summed E-state index contributed by atoms with van der Waals surface area (Å²) >= 11 is 3.29. The van der Waals surface area contributed by atoms with E-state index in [1.165, 1.54) is 0 Å². The molecular formula is C14H13BrLiNO2. The molecule has 0 bridgehead atoms. The number of pyridine rings is 1. The monoisotopic (exact) mass is 313 g/mol. The molecule has 0 aliphatic heterocycles. The Morgan fingerprint density at radius 3 is 2.42 bits per heavy atom. The van der Waals surface area contributed by atoms with Crippen LogP contribution in [0.15, 0.2) is 53.1 Å². The van der Waals surface area contributed by atoms with Crippen molar-refractivity contribution in [3.63, 3.8) is 0 Å². The van der Waals surface area contributed by atoms with Crippen LogP contribution in [-0.4, -0.2) is 34.9 Å². The van der Waals surface area contributed by atoms with Crippen molar-refractivity contribution in [2.24, 2.45) is 0 Å². The maximum atomic E-state index is 11.3. The molecule has 5 heteroatoms. The molecular weight excluding hydrogens is 301 g/mol. The van der Waals surface area contributed by atoms with Crippen molar-refractivity contribution in [2.75, 3.05) is 0 Å². The van der Waals surface area contributed by atoms with Crippen LogP contribution in [0.2, 0.25) is 0 Å². The molecule has 0 saturated carbocycles. The Kier molecular flexibility index (Phi) is 6.30. The Hall–Kier alpha value is -1.08. The van der Waals surface area contributed by atoms with E-state index in [1.54, 1.807) is 12.3 Å². The van der Waals surface area contributed by atoms with Crippen LogP contribution in [0.3, 0.4) is 0 Å². The molecule has 1 N–H and O–H groups in total. The number of aromatic nitrogens is 1. The van der Waals surface area contributed by atoms with Crippen molar-refractivity contribution < 1.29 is 9.90 Å². The van der Waals surface area contributed by atoms with Gasteiger partial charge in [0.1, 0.15) is 5.92 Å². The zero-order chi connectivity index (χ0) is 13.0. The maximum absolute atomic E-state index is 11.3. The van der Waals surface area contributed by atoms with Crippen LogP contribution in [0.1, 0.15) is 17.2 Å². The summed E-state index contributed by atoms with van der Waals surface area (Å²) in [7, 11) is 0. The Labute approximate surface area is 132 Å². The molecule has 0 spiro atoms. The molecule has 1 atom stereocenters. The van der Waals surface area contributed by atoms with Gasteiger partial charge >= 0.3 is 24.8 Å². The number of nitrogens with zero attached hydrogens (tertiary/aromatic N) is 1. The number of carboxylic acids is 1. The van der Waals surface area contributed by atoms with Crippen LogP contribution in [0, 0.1) is 0 Å². The summed E-state index contributed by atoms with van der Waals surface area (Å²) in [6.07, 6.45) is 2.07. The number of halogens is 1. The van der Waals surface area contributed by atoms with Crippen molar-refractivity contribution in [1.29, 1.82) is 0 Å². The molecule has 1 heterocycles. The fraction of sp³-hybridized carbons (Fsp3) is 0.143. The number of carboxylic acid groups (broad SMARTS) is 1. The Morgan fingerprint density at radius 1 is 1.21 bits per heavy atom. The Bertz CT molecular complexity index is 531. The van der Waals surface area contributed by atoms with Gasteiger partial charge in [0.05, 0.1) is 5.69 Å². The molecule has 3 nitrogen and oxygen atoms in total. The zero-order valence-electron chi connectivity index (χ0n) is 9.58. The second-order valence-corrected chi connectivity index (χ2v) is 4.90. The van der Waals surface area contributed by atoms with Gasteiger partial charge < -0.3 is 5.11 Å². The summed E-state index contributed by atoms with van der Waals surface area (Å²) < 4.78 is 0.843. The van der Waals surface area contributed by atoms with Gasteiger partial charge in [-0.3, -0.25) is 9.78 Å². The van der Waals surface area contributed by atoms with Gasteiger partial charge in [-0.15, -0.1) is 0 Å². The number of benzene rings is 1. The second-order valence-electron chi connectivity index (χ2n) is 3.98. The first-order valence-electron chi connectivity index (χ1n) is 5.55. The van der Waals surface area contributed by atoms with Crippen molar-refractivity contribution in [2.45, 2.75) is 12.3 Å². The molecule has 0 saturated heterocycles. The number of rotatable bonds is 4. The van der Waals surface area contributed by atoms with Gasteiger partial charge in [-0.25, -0.2) is 0 Å². The molecule has 0 amide bonds. The third-order valence-electron chi connectivity index (χ3n) is 2.69. The van der Waals surface area contributed by atoms with Gasteiger partial charge in [0.25, 0.3) is 0 Å². The molecule has 2 aromatic rings. The molecule has 0 fully saturated rings. The van der Waals surface area contributed by atoms with Crippen molar-refractivity contribution >= 4 is 40.8 Å². The molecule has 0 radical (unpaired) electrons. The normalized spacial score (nSPS) is 11.4. The van der Waals surface area contributed by atoms with E-state index >= 15 is 0 Å². The van der Waals surface area contributed by atoms with Crippen molar-refractivity contribution in [3.05, 3.63) is 64.4 Å². The first-order chi connectivity index (χ1) is 8.66. The molecule has 1 aromatic heterocycles. The second kappa shape index (κ2) is 7.49. The zero-order valence-corrected chi connectivity index (χ0v) is 11.2. The fourth-order valence-electron chi connectivity index (χ4n) is 1.76. The van der Waals surface area contributed by atoms with Crippen LogP contribution in [0.4, 0.5) is 0 Å². The van der Waals surface area contributed by atoms with Gasteiger partial charge in [0.15, 0.2) is 0 Å². The van der Waals surface area contributed by atoms with Crippen LogP contribution in [0.5, 0.6) is 0 Å². The van der Waals surface area contributed by atoms with Crippen molar-refractivity contribution in [3.8, 4) is 0 Å². The van der Waals surface area contributed by atoms with Crippen LogP contribution in [0.25, 0.3) is 0 Å². The minimum atomic E-state index is -0.853. The van der Waals surface area contributed by atoms with Gasteiger partial charge in [-0.2, -0.15) is 0 Å². The summed E-state index contributed by atoms with van der Waals surface area (Å²) in [5.41, 5.74) is 1.57.